The van der Waals surface area contributed by atoms with Crippen LogP contribution >= 0.6 is 15.9 Å². The number of aliphatic hydroxyl groups excluding tert-OH is 1. The molecule has 0 aliphatic carbocycles. The summed E-state index contributed by atoms with van der Waals surface area (Å²) in [6.07, 6.45) is 0.582. The van der Waals surface area contributed by atoms with Gasteiger partial charge in [0.2, 0.25) is 0 Å². The van der Waals surface area contributed by atoms with Gasteiger partial charge in [-0.15, -0.1) is 0 Å². The van der Waals surface area contributed by atoms with E-state index in [0.29, 0.717) is 30.9 Å². The number of hydrogen-bond acceptors (Lipinski definition) is 5. The molecule has 158 valence electrons. The van der Waals surface area contributed by atoms with Crippen molar-refractivity contribution in [2.75, 3.05) is 27.4 Å². The molecule has 7 heteroatoms. The van der Waals surface area contributed by atoms with Crippen molar-refractivity contribution in [1.29, 1.82) is 0 Å². The second kappa shape index (κ2) is 9.45. The van der Waals surface area contributed by atoms with E-state index in [0.717, 1.165) is 15.6 Å². The fourth-order valence-electron chi connectivity index (χ4n) is 3.66. The van der Waals surface area contributed by atoms with Crippen molar-refractivity contribution in [3.05, 3.63) is 69.2 Å². The Bertz CT molecular complexity index is 984. The molecule has 1 saturated heterocycles. The van der Waals surface area contributed by atoms with Crippen molar-refractivity contribution in [2.45, 2.75) is 19.4 Å². The van der Waals surface area contributed by atoms with E-state index in [9.17, 15) is 14.7 Å². The van der Waals surface area contributed by atoms with Crippen LogP contribution in [0.3, 0.4) is 0 Å². The summed E-state index contributed by atoms with van der Waals surface area (Å²) in [5, 5.41) is 11.1. The largest absolute Gasteiger partial charge is 0.507 e. The predicted molar refractivity (Wildman–Crippen MR) is 117 cm³/mol. The van der Waals surface area contributed by atoms with E-state index >= 15 is 0 Å². The zero-order valence-corrected chi connectivity index (χ0v) is 18.7. The third-order valence-electron chi connectivity index (χ3n) is 5.16. The van der Waals surface area contributed by atoms with Crippen LogP contribution in [-0.4, -0.2) is 49.1 Å². The number of hydrogen-bond donors (Lipinski definition) is 1. The van der Waals surface area contributed by atoms with E-state index in [1.165, 1.54) is 4.90 Å². The molecule has 1 N–H and O–H groups in total. The molecule has 2 aromatic carbocycles. The summed E-state index contributed by atoms with van der Waals surface area (Å²) < 4.78 is 11.2. The van der Waals surface area contributed by atoms with E-state index in [-0.39, 0.29) is 11.3 Å². The molecule has 1 amide bonds. The Labute approximate surface area is 184 Å². The molecule has 3 rings (SSSR count). The van der Waals surface area contributed by atoms with Crippen molar-refractivity contribution < 1.29 is 24.2 Å². The smallest absolute Gasteiger partial charge is 0.295 e. The van der Waals surface area contributed by atoms with E-state index in [1.807, 2.05) is 31.2 Å². The van der Waals surface area contributed by atoms with E-state index in [2.05, 4.69) is 15.9 Å². The summed E-state index contributed by atoms with van der Waals surface area (Å²) in [6.45, 7) is 2.63. The first-order chi connectivity index (χ1) is 14.4. The van der Waals surface area contributed by atoms with Crippen molar-refractivity contribution >= 4 is 33.4 Å². The molecule has 1 atom stereocenters. The Balaban J connectivity index is 2.13. The standard InChI is InChI=1S/C23H24BrNO5/c1-14-13-17(30-3)9-10-18(14)21(26)19-20(15-5-7-16(24)8-6-15)25(11-4-12-29-2)23(28)22(19)27/h5-10,13,20,26H,4,11-12H2,1-3H3/t20-/m0/s1. The molecule has 1 heterocycles. The fourth-order valence-corrected chi connectivity index (χ4v) is 3.92. The normalized spacial score (nSPS) is 18.1. The number of halogens is 1. The molecule has 6 nitrogen and oxygen atoms in total. The molecule has 2 aromatic rings. The van der Waals surface area contributed by atoms with Gasteiger partial charge in [-0.25, -0.2) is 0 Å². The molecule has 0 saturated carbocycles. The molecule has 0 bridgehead atoms. The van der Waals surface area contributed by atoms with Gasteiger partial charge in [-0.2, -0.15) is 0 Å². The van der Waals surface area contributed by atoms with Gasteiger partial charge in [0.25, 0.3) is 11.7 Å². The summed E-state index contributed by atoms with van der Waals surface area (Å²) in [5.41, 5.74) is 2.08. The lowest BCUT2D eigenvalue weighted by molar-refractivity contribution is -0.140. The fraction of sp³-hybridized carbons (Fsp3) is 0.304. The first-order valence-corrected chi connectivity index (χ1v) is 10.4. The Kier molecular flexibility index (Phi) is 6.95. The minimum absolute atomic E-state index is 0.0907. The lowest BCUT2D eigenvalue weighted by atomic mass is 9.94. The van der Waals surface area contributed by atoms with Crippen molar-refractivity contribution in [3.63, 3.8) is 0 Å². The molecule has 1 fully saturated rings. The van der Waals surface area contributed by atoms with E-state index in [1.54, 1.807) is 32.4 Å². The van der Waals surface area contributed by atoms with Crippen LogP contribution in [-0.2, 0) is 14.3 Å². The number of nitrogens with zero attached hydrogens (tertiary/aromatic N) is 1. The number of carbonyl (C=O) groups excluding carboxylic acids is 2. The third kappa shape index (κ3) is 4.27. The number of benzene rings is 2. The average Bonchev–Trinajstić information content (AvgIpc) is 2.99. The van der Waals surface area contributed by atoms with Crippen LogP contribution in [0.2, 0.25) is 0 Å². The number of carbonyl (C=O) groups is 2. The minimum Gasteiger partial charge on any atom is -0.507 e. The number of methoxy groups -OCH3 is 2. The van der Waals surface area contributed by atoms with Gasteiger partial charge in [0.15, 0.2) is 0 Å². The third-order valence-corrected chi connectivity index (χ3v) is 5.69. The highest BCUT2D eigenvalue weighted by Crippen LogP contribution is 2.40. The number of likely N-dealkylation sites (tertiary alicyclic amines) is 1. The molecule has 30 heavy (non-hydrogen) atoms. The van der Waals surface area contributed by atoms with Crippen LogP contribution in [0.1, 0.15) is 29.2 Å². The Morgan fingerprint density at radius 2 is 1.83 bits per heavy atom. The highest BCUT2D eigenvalue weighted by atomic mass is 79.9. The maximum Gasteiger partial charge on any atom is 0.295 e. The maximum absolute atomic E-state index is 13.0. The molecule has 0 unspecified atom stereocenters. The summed E-state index contributed by atoms with van der Waals surface area (Å²) in [6, 6.07) is 11.9. The number of Topliss-reactive ketones (excluding diaryl/α,β-unsaturated/α-hetero) is 1. The zero-order valence-electron chi connectivity index (χ0n) is 17.1. The molecule has 1 aliphatic heterocycles. The topological polar surface area (TPSA) is 76.1 Å². The van der Waals surface area contributed by atoms with Gasteiger partial charge in [0, 0.05) is 30.3 Å². The van der Waals surface area contributed by atoms with Gasteiger partial charge in [-0.3, -0.25) is 9.59 Å². The zero-order chi connectivity index (χ0) is 21.8. The second-order valence-corrected chi connectivity index (χ2v) is 7.99. The van der Waals surface area contributed by atoms with Gasteiger partial charge < -0.3 is 19.5 Å². The molecular formula is C23H24BrNO5. The first-order valence-electron chi connectivity index (χ1n) is 9.56. The van der Waals surface area contributed by atoms with Crippen LogP contribution in [0.4, 0.5) is 0 Å². The van der Waals surface area contributed by atoms with Gasteiger partial charge in [0.1, 0.15) is 11.5 Å². The quantitative estimate of drug-likeness (QED) is 0.282. The number of ketones is 1. The maximum atomic E-state index is 13.0. The average molecular weight is 474 g/mol. The van der Waals surface area contributed by atoms with Gasteiger partial charge in [0.05, 0.1) is 18.7 Å². The lowest BCUT2D eigenvalue weighted by Gasteiger charge is -2.25. The van der Waals surface area contributed by atoms with E-state index < -0.39 is 17.7 Å². The van der Waals surface area contributed by atoms with Crippen LogP contribution < -0.4 is 4.74 Å². The Morgan fingerprint density at radius 1 is 1.13 bits per heavy atom. The van der Waals surface area contributed by atoms with Gasteiger partial charge >= 0.3 is 0 Å². The predicted octanol–water partition coefficient (Wildman–Crippen LogP) is 4.22. The summed E-state index contributed by atoms with van der Waals surface area (Å²) >= 11 is 3.41. The highest BCUT2D eigenvalue weighted by Gasteiger charge is 2.45. The second-order valence-electron chi connectivity index (χ2n) is 7.07. The monoisotopic (exact) mass is 473 g/mol. The van der Waals surface area contributed by atoms with Crippen molar-refractivity contribution in [2.24, 2.45) is 0 Å². The van der Waals surface area contributed by atoms with Gasteiger partial charge in [-0.05, 0) is 54.8 Å². The lowest BCUT2D eigenvalue weighted by Crippen LogP contribution is -2.31. The molecular weight excluding hydrogens is 450 g/mol. The number of rotatable bonds is 7. The van der Waals surface area contributed by atoms with Crippen LogP contribution in [0.25, 0.3) is 5.76 Å². The minimum atomic E-state index is -0.687. The molecule has 1 aliphatic rings. The Morgan fingerprint density at radius 3 is 2.43 bits per heavy atom. The number of ether oxygens (including phenoxy) is 2. The molecule has 0 aromatic heterocycles. The van der Waals surface area contributed by atoms with Crippen LogP contribution in [0.15, 0.2) is 52.5 Å². The summed E-state index contributed by atoms with van der Waals surface area (Å²) in [5.74, 6) is -0.844. The van der Waals surface area contributed by atoms with Crippen LogP contribution in [0.5, 0.6) is 5.75 Å². The summed E-state index contributed by atoms with van der Waals surface area (Å²) in [4.78, 5) is 27.3. The van der Waals surface area contributed by atoms with Crippen molar-refractivity contribution in [3.8, 4) is 5.75 Å². The van der Waals surface area contributed by atoms with Crippen molar-refractivity contribution in [1.82, 2.24) is 4.90 Å². The van der Waals surface area contributed by atoms with Crippen LogP contribution in [0, 0.1) is 6.92 Å². The van der Waals surface area contributed by atoms with E-state index in [4.69, 9.17) is 9.47 Å². The van der Waals surface area contributed by atoms with Gasteiger partial charge in [-0.1, -0.05) is 28.1 Å². The summed E-state index contributed by atoms with van der Waals surface area (Å²) in [7, 11) is 3.15. The number of amides is 1. The molecule has 0 spiro atoms. The Hall–Kier alpha value is -2.64. The number of aliphatic hydroxyl groups is 1. The number of aryl methyl sites for hydroxylation is 1. The molecule has 0 radical (unpaired) electrons. The highest BCUT2D eigenvalue weighted by molar-refractivity contribution is 9.10. The SMILES string of the molecule is COCCCN1C(=O)C(=O)C(=C(O)c2ccc(OC)cc2C)[C@@H]1c1ccc(Br)cc1. The first kappa shape index (κ1) is 22.1.